The number of carbonyl (C=O) groups excluding carboxylic acids is 1. The number of carbonyl (C=O) groups is 1. The predicted molar refractivity (Wildman–Crippen MR) is 88.8 cm³/mol. The Morgan fingerprint density at radius 2 is 1.76 bits per heavy atom. The maximum Gasteiger partial charge on any atom is 0.237 e. The second-order valence-electron chi connectivity index (χ2n) is 5.08. The van der Waals surface area contributed by atoms with Crippen LogP contribution in [0.25, 0.3) is 0 Å². The summed E-state index contributed by atoms with van der Waals surface area (Å²) in [6, 6.07) is 17.1. The molecule has 0 spiro atoms. The number of benzene rings is 2. The Bertz CT molecular complexity index is 583. The van der Waals surface area contributed by atoms with Gasteiger partial charge in [0.1, 0.15) is 0 Å². The van der Waals surface area contributed by atoms with E-state index in [-0.39, 0.29) is 11.9 Å². The number of hydrogen-bond acceptors (Lipinski definition) is 2. The molecule has 0 radical (unpaired) electrons. The fourth-order valence-corrected chi connectivity index (χ4v) is 2.38. The highest BCUT2D eigenvalue weighted by Gasteiger charge is 2.16. The summed E-state index contributed by atoms with van der Waals surface area (Å²) in [4.78, 5) is 12.2. The van der Waals surface area contributed by atoms with Gasteiger partial charge in [-0.3, -0.25) is 4.79 Å². The fourth-order valence-electron chi connectivity index (χ4n) is 2.12. The zero-order valence-corrected chi connectivity index (χ0v) is 13.5. The summed E-state index contributed by atoms with van der Waals surface area (Å²) in [6.07, 6.45) is 0.541. The number of rotatable bonds is 5. The van der Waals surface area contributed by atoms with Gasteiger partial charge in [-0.2, -0.15) is 0 Å². The van der Waals surface area contributed by atoms with Crippen molar-refractivity contribution in [3.8, 4) is 0 Å². The Morgan fingerprint density at radius 3 is 2.38 bits per heavy atom. The van der Waals surface area contributed by atoms with E-state index in [0.29, 0.717) is 6.42 Å². The maximum absolute atomic E-state index is 12.2. The van der Waals surface area contributed by atoms with Crippen molar-refractivity contribution < 1.29 is 4.79 Å². The summed E-state index contributed by atoms with van der Waals surface area (Å²) in [6.45, 7) is 1.95. The number of amides is 1. The minimum Gasteiger partial charge on any atom is -0.348 e. The van der Waals surface area contributed by atoms with Gasteiger partial charge in [0, 0.05) is 4.47 Å². The summed E-state index contributed by atoms with van der Waals surface area (Å²) >= 11 is 3.40. The van der Waals surface area contributed by atoms with Crippen LogP contribution in [0.3, 0.4) is 0 Å². The SMILES string of the molecule is C[C@H](NC(=O)[C@@H](N)Cc1ccccc1)c1ccc(Br)cc1. The number of halogens is 1. The summed E-state index contributed by atoms with van der Waals surface area (Å²) in [5.74, 6) is -0.130. The largest absolute Gasteiger partial charge is 0.348 e. The second kappa shape index (κ2) is 7.38. The second-order valence-corrected chi connectivity index (χ2v) is 5.99. The molecule has 1 amide bonds. The Labute approximate surface area is 133 Å². The van der Waals surface area contributed by atoms with Crippen LogP contribution < -0.4 is 11.1 Å². The van der Waals surface area contributed by atoms with E-state index in [1.165, 1.54) is 0 Å². The first-order valence-corrected chi connectivity index (χ1v) is 7.71. The molecule has 0 aliphatic carbocycles. The van der Waals surface area contributed by atoms with E-state index < -0.39 is 6.04 Å². The van der Waals surface area contributed by atoms with Crippen LogP contribution in [0.15, 0.2) is 59.1 Å². The molecule has 0 heterocycles. The predicted octanol–water partition coefficient (Wildman–Crippen LogP) is 3.20. The van der Waals surface area contributed by atoms with E-state index in [1.807, 2.05) is 61.5 Å². The van der Waals surface area contributed by atoms with Crippen molar-refractivity contribution in [3.05, 3.63) is 70.2 Å². The van der Waals surface area contributed by atoms with Crippen LogP contribution in [0.1, 0.15) is 24.1 Å². The molecule has 2 rings (SSSR count). The van der Waals surface area contributed by atoms with E-state index in [0.717, 1.165) is 15.6 Å². The molecule has 2 aromatic carbocycles. The lowest BCUT2D eigenvalue weighted by Crippen LogP contribution is -2.42. The first-order chi connectivity index (χ1) is 10.1. The topological polar surface area (TPSA) is 55.1 Å². The molecule has 3 nitrogen and oxygen atoms in total. The average Bonchev–Trinajstić information content (AvgIpc) is 2.48. The third-order valence-corrected chi connectivity index (χ3v) is 3.89. The summed E-state index contributed by atoms with van der Waals surface area (Å²) in [5.41, 5.74) is 8.10. The zero-order valence-electron chi connectivity index (χ0n) is 11.9. The molecular weight excluding hydrogens is 328 g/mol. The van der Waals surface area contributed by atoms with Crippen LogP contribution in [0, 0.1) is 0 Å². The Morgan fingerprint density at radius 1 is 1.14 bits per heavy atom. The third kappa shape index (κ3) is 4.69. The van der Waals surface area contributed by atoms with E-state index in [9.17, 15) is 4.79 Å². The summed E-state index contributed by atoms with van der Waals surface area (Å²) in [5, 5.41) is 2.96. The molecule has 2 aromatic rings. The van der Waals surface area contributed by atoms with Gasteiger partial charge in [-0.25, -0.2) is 0 Å². The van der Waals surface area contributed by atoms with Crippen molar-refractivity contribution in [2.24, 2.45) is 5.73 Å². The van der Waals surface area contributed by atoms with Crippen molar-refractivity contribution >= 4 is 21.8 Å². The molecular formula is C17H19BrN2O. The molecule has 110 valence electrons. The van der Waals surface area contributed by atoms with Crippen molar-refractivity contribution in [2.45, 2.75) is 25.4 Å². The molecule has 0 saturated heterocycles. The van der Waals surface area contributed by atoms with E-state index >= 15 is 0 Å². The van der Waals surface area contributed by atoms with Gasteiger partial charge in [-0.05, 0) is 36.6 Å². The van der Waals surface area contributed by atoms with E-state index in [4.69, 9.17) is 5.73 Å². The van der Waals surface area contributed by atoms with Gasteiger partial charge in [-0.15, -0.1) is 0 Å². The standard InChI is InChI=1S/C17H19BrN2O/c1-12(14-7-9-15(18)10-8-14)20-17(21)16(19)11-13-5-3-2-4-6-13/h2-10,12,16H,11,19H2,1H3,(H,20,21)/t12-,16-/m0/s1. The third-order valence-electron chi connectivity index (χ3n) is 3.36. The molecule has 4 heteroatoms. The van der Waals surface area contributed by atoms with Crippen LogP contribution in [-0.4, -0.2) is 11.9 Å². The molecule has 0 fully saturated rings. The van der Waals surface area contributed by atoms with Gasteiger partial charge in [0.15, 0.2) is 0 Å². The van der Waals surface area contributed by atoms with Gasteiger partial charge < -0.3 is 11.1 Å². The first kappa shape index (κ1) is 15.7. The Kier molecular flexibility index (Phi) is 5.53. The quantitative estimate of drug-likeness (QED) is 0.873. The van der Waals surface area contributed by atoms with E-state index in [1.54, 1.807) is 0 Å². The van der Waals surface area contributed by atoms with Crippen LogP contribution in [0.2, 0.25) is 0 Å². The minimum absolute atomic E-state index is 0.0626. The number of nitrogens with one attached hydrogen (secondary N) is 1. The van der Waals surface area contributed by atoms with Gasteiger partial charge in [0.2, 0.25) is 5.91 Å². The normalized spacial score (nSPS) is 13.5. The summed E-state index contributed by atoms with van der Waals surface area (Å²) < 4.78 is 1.02. The lowest BCUT2D eigenvalue weighted by molar-refractivity contribution is -0.123. The minimum atomic E-state index is -0.537. The Balaban J connectivity index is 1.92. The van der Waals surface area contributed by atoms with Gasteiger partial charge >= 0.3 is 0 Å². The highest BCUT2D eigenvalue weighted by Crippen LogP contribution is 2.16. The average molecular weight is 347 g/mol. The molecule has 2 atom stereocenters. The van der Waals surface area contributed by atoms with Crippen LogP contribution >= 0.6 is 15.9 Å². The van der Waals surface area contributed by atoms with E-state index in [2.05, 4.69) is 21.2 Å². The highest BCUT2D eigenvalue weighted by atomic mass is 79.9. The van der Waals surface area contributed by atoms with Gasteiger partial charge in [0.25, 0.3) is 0 Å². The molecule has 0 aromatic heterocycles. The first-order valence-electron chi connectivity index (χ1n) is 6.91. The Hall–Kier alpha value is -1.65. The van der Waals surface area contributed by atoms with Crippen LogP contribution in [0.5, 0.6) is 0 Å². The smallest absolute Gasteiger partial charge is 0.237 e. The fraction of sp³-hybridized carbons (Fsp3) is 0.235. The van der Waals surface area contributed by atoms with Crippen LogP contribution in [-0.2, 0) is 11.2 Å². The highest BCUT2D eigenvalue weighted by molar-refractivity contribution is 9.10. The van der Waals surface area contributed by atoms with Gasteiger partial charge in [0.05, 0.1) is 12.1 Å². The lowest BCUT2D eigenvalue weighted by Gasteiger charge is -2.18. The molecule has 0 aliphatic rings. The maximum atomic E-state index is 12.2. The van der Waals surface area contributed by atoms with Crippen molar-refractivity contribution in [2.75, 3.05) is 0 Å². The summed E-state index contributed by atoms with van der Waals surface area (Å²) in [7, 11) is 0. The number of nitrogens with two attached hydrogens (primary N) is 1. The molecule has 0 aliphatic heterocycles. The van der Waals surface area contributed by atoms with Gasteiger partial charge in [-0.1, -0.05) is 58.4 Å². The molecule has 3 N–H and O–H groups in total. The lowest BCUT2D eigenvalue weighted by atomic mass is 10.0. The monoisotopic (exact) mass is 346 g/mol. The van der Waals surface area contributed by atoms with Crippen molar-refractivity contribution in [3.63, 3.8) is 0 Å². The zero-order chi connectivity index (χ0) is 15.2. The van der Waals surface area contributed by atoms with Crippen molar-refractivity contribution in [1.29, 1.82) is 0 Å². The number of hydrogen-bond donors (Lipinski definition) is 2. The van der Waals surface area contributed by atoms with Crippen molar-refractivity contribution in [1.82, 2.24) is 5.32 Å². The molecule has 0 unspecified atom stereocenters. The molecule has 21 heavy (non-hydrogen) atoms. The molecule has 0 saturated carbocycles. The van der Waals surface area contributed by atoms with Crippen LogP contribution in [0.4, 0.5) is 0 Å². The molecule has 0 bridgehead atoms.